The molecule has 7 nitrogen and oxygen atoms in total. The fourth-order valence-corrected chi connectivity index (χ4v) is 2.94. The fraction of sp³-hybridized carbons (Fsp3) is 0.625. The molecule has 0 spiro atoms. The van der Waals surface area contributed by atoms with Gasteiger partial charge in [0.05, 0.1) is 24.0 Å². The molecule has 1 aromatic heterocycles. The second kappa shape index (κ2) is 6.93. The molecule has 3 rings (SSSR count). The number of amides is 2. The minimum absolute atomic E-state index is 0.0284. The van der Waals surface area contributed by atoms with Crippen LogP contribution in [-0.4, -0.2) is 33.1 Å². The van der Waals surface area contributed by atoms with Crippen LogP contribution in [0.2, 0.25) is 0 Å². The van der Waals surface area contributed by atoms with Crippen molar-refractivity contribution in [3.8, 4) is 0 Å². The van der Waals surface area contributed by atoms with Gasteiger partial charge in [0.15, 0.2) is 0 Å². The van der Waals surface area contributed by atoms with Crippen molar-refractivity contribution in [1.29, 1.82) is 0 Å². The topological polar surface area (TPSA) is 104 Å². The number of rotatable bonds is 5. The van der Waals surface area contributed by atoms with E-state index in [1.807, 2.05) is 0 Å². The third-order valence-corrected chi connectivity index (χ3v) is 4.54. The van der Waals surface area contributed by atoms with Crippen molar-refractivity contribution in [3.05, 3.63) is 18.2 Å². The van der Waals surface area contributed by atoms with Crippen molar-refractivity contribution < 1.29 is 14.7 Å². The average molecular weight is 318 g/mol. The van der Waals surface area contributed by atoms with Crippen LogP contribution in [0.1, 0.15) is 44.3 Å². The Balaban J connectivity index is 1.43. The van der Waals surface area contributed by atoms with Gasteiger partial charge in [-0.05, 0) is 44.4 Å². The number of nitrogens with one attached hydrogen (secondary N) is 2. The molecule has 1 aromatic rings. The number of urea groups is 1. The summed E-state index contributed by atoms with van der Waals surface area (Å²) in [6.45, 7) is 0. The Bertz CT molecular complexity index is 563. The van der Waals surface area contributed by atoms with E-state index in [4.69, 9.17) is 5.11 Å². The molecule has 0 aliphatic heterocycles. The van der Waals surface area contributed by atoms with E-state index in [1.165, 1.54) is 12.8 Å². The first kappa shape index (κ1) is 15.7. The first-order valence-corrected chi connectivity index (χ1v) is 8.21. The molecule has 2 aliphatic carbocycles. The predicted molar refractivity (Wildman–Crippen MR) is 84.0 cm³/mol. The lowest BCUT2D eigenvalue weighted by Gasteiger charge is -2.26. The highest BCUT2D eigenvalue weighted by molar-refractivity contribution is 5.89. The zero-order chi connectivity index (χ0) is 16.2. The summed E-state index contributed by atoms with van der Waals surface area (Å²) in [7, 11) is 0. The summed E-state index contributed by atoms with van der Waals surface area (Å²) >= 11 is 0. The van der Waals surface area contributed by atoms with E-state index in [1.54, 1.807) is 12.4 Å². The van der Waals surface area contributed by atoms with E-state index < -0.39 is 5.97 Å². The number of hydrogen-bond acceptors (Lipinski definition) is 4. The highest BCUT2D eigenvalue weighted by Gasteiger charge is 2.26. The van der Waals surface area contributed by atoms with E-state index in [9.17, 15) is 9.59 Å². The Kier molecular flexibility index (Phi) is 4.73. The molecule has 0 unspecified atom stereocenters. The van der Waals surface area contributed by atoms with E-state index >= 15 is 0 Å². The number of aliphatic carboxylic acids is 1. The molecule has 0 saturated heterocycles. The third kappa shape index (κ3) is 4.64. The van der Waals surface area contributed by atoms with E-state index in [-0.39, 0.29) is 18.0 Å². The van der Waals surface area contributed by atoms with E-state index in [0.29, 0.717) is 31.4 Å². The van der Waals surface area contributed by atoms with Crippen LogP contribution in [0.4, 0.5) is 10.5 Å². The van der Waals surface area contributed by atoms with Gasteiger partial charge in [0, 0.05) is 12.5 Å². The molecule has 124 valence electrons. The molecule has 0 aromatic carbocycles. The maximum Gasteiger partial charge on any atom is 0.319 e. The summed E-state index contributed by atoms with van der Waals surface area (Å²) in [5.74, 6) is 0.545. The van der Waals surface area contributed by atoms with Gasteiger partial charge in [-0.1, -0.05) is 0 Å². The smallest absolute Gasteiger partial charge is 0.319 e. The number of carboxylic acids is 1. The lowest BCUT2D eigenvalue weighted by Crippen LogP contribution is -2.41. The summed E-state index contributed by atoms with van der Waals surface area (Å²) in [6, 6.07) is -0.261. The lowest BCUT2D eigenvalue weighted by atomic mass is 9.86. The molecule has 2 fully saturated rings. The van der Waals surface area contributed by atoms with Gasteiger partial charge in [-0.2, -0.15) is 0 Å². The molecule has 2 saturated carbocycles. The van der Waals surface area contributed by atoms with Gasteiger partial charge in [-0.25, -0.2) is 14.8 Å². The van der Waals surface area contributed by atoms with Crippen LogP contribution in [0.15, 0.2) is 12.4 Å². The summed E-state index contributed by atoms with van der Waals surface area (Å²) in [4.78, 5) is 31.4. The SMILES string of the molecule is O=C(Nc1cnc(CC2CC2)nc1)NC1CCC(C(=O)O)CC1. The number of carbonyl (C=O) groups excluding carboxylic acids is 1. The summed E-state index contributed by atoms with van der Waals surface area (Å²) < 4.78 is 0. The lowest BCUT2D eigenvalue weighted by molar-refractivity contribution is -0.142. The van der Waals surface area contributed by atoms with Gasteiger partial charge in [-0.15, -0.1) is 0 Å². The average Bonchev–Trinajstić information content (AvgIpc) is 3.34. The van der Waals surface area contributed by atoms with Gasteiger partial charge in [0.1, 0.15) is 5.82 Å². The zero-order valence-electron chi connectivity index (χ0n) is 13.0. The van der Waals surface area contributed by atoms with Crippen molar-refractivity contribution in [2.45, 2.75) is 51.0 Å². The Morgan fingerprint density at radius 3 is 2.30 bits per heavy atom. The van der Waals surface area contributed by atoms with Crippen molar-refractivity contribution in [2.75, 3.05) is 5.32 Å². The highest BCUT2D eigenvalue weighted by atomic mass is 16.4. The molecule has 2 aliphatic rings. The zero-order valence-corrected chi connectivity index (χ0v) is 13.0. The highest BCUT2D eigenvalue weighted by Crippen LogP contribution is 2.31. The second-order valence-electron chi connectivity index (χ2n) is 6.52. The van der Waals surface area contributed by atoms with E-state index in [0.717, 1.165) is 18.2 Å². The number of carbonyl (C=O) groups is 2. The van der Waals surface area contributed by atoms with Gasteiger partial charge >= 0.3 is 12.0 Å². The Labute approximate surface area is 134 Å². The van der Waals surface area contributed by atoms with Gasteiger partial charge < -0.3 is 15.7 Å². The minimum Gasteiger partial charge on any atom is -0.481 e. The molecule has 1 heterocycles. The van der Waals surface area contributed by atoms with Crippen molar-refractivity contribution >= 4 is 17.7 Å². The Morgan fingerprint density at radius 1 is 1.09 bits per heavy atom. The van der Waals surface area contributed by atoms with Crippen molar-refractivity contribution in [3.63, 3.8) is 0 Å². The van der Waals surface area contributed by atoms with Crippen LogP contribution in [0.5, 0.6) is 0 Å². The first-order valence-electron chi connectivity index (χ1n) is 8.21. The van der Waals surface area contributed by atoms with Crippen LogP contribution in [0, 0.1) is 11.8 Å². The van der Waals surface area contributed by atoms with Crippen molar-refractivity contribution in [2.24, 2.45) is 11.8 Å². The van der Waals surface area contributed by atoms with Crippen molar-refractivity contribution in [1.82, 2.24) is 15.3 Å². The largest absolute Gasteiger partial charge is 0.481 e. The minimum atomic E-state index is -0.740. The number of nitrogens with zero attached hydrogens (tertiary/aromatic N) is 2. The molecule has 23 heavy (non-hydrogen) atoms. The fourth-order valence-electron chi connectivity index (χ4n) is 2.94. The molecule has 2 amide bonds. The second-order valence-corrected chi connectivity index (χ2v) is 6.52. The Hall–Kier alpha value is -2.18. The number of aromatic nitrogens is 2. The molecule has 0 bridgehead atoms. The molecule has 3 N–H and O–H groups in total. The van der Waals surface area contributed by atoms with Gasteiger partial charge in [-0.3, -0.25) is 4.79 Å². The van der Waals surface area contributed by atoms with Crippen LogP contribution in [0.25, 0.3) is 0 Å². The summed E-state index contributed by atoms with van der Waals surface area (Å²) in [5, 5.41) is 14.6. The monoisotopic (exact) mass is 318 g/mol. The van der Waals surface area contributed by atoms with Crippen LogP contribution in [0.3, 0.4) is 0 Å². The molecule has 0 radical (unpaired) electrons. The summed E-state index contributed by atoms with van der Waals surface area (Å²) in [6.07, 6.45) is 9.31. The Morgan fingerprint density at radius 2 is 1.74 bits per heavy atom. The summed E-state index contributed by atoms with van der Waals surface area (Å²) in [5.41, 5.74) is 0.571. The first-order chi connectivity index (χ1) is 11.1. The maximum absolute atomic E-state index is 12.0. The molecule has 0 atom stereocenters. The standard InChI is InChI=1S/C16H22N4O3/c21-15(22)11-3-5-12(6-4-11)19-16(23)20-13-8-17-14(18-9-13)7-10-1-2-10/h8-12H,1-7H2,(H,21,22)(H2,19,20,23). The van der Waals surface area contributed by atoms with E-state index in [2.05, 4.69) is 20.6 Å². The van der Waals surface area contributed by atoms with Gasteiger partial charge in [0.2, 0.25) is 0 Å². The van der Waals surface area contributed by atoms with Gasteiger partial charge in [0.25, 0.3) is 0 Å². The predicted octanol–water partition coefficient (Wildman–Crippen LogP) is 2.19. The third-order valence-electron chi connectivity index (χ3n) is 4.54. The van der Waals surface area contributed by atoms with Crippen LogP contribution in [-0.2, 0) is 11.2 Å². The van der Waals surface area contributed by atoms with Crippen LogP contribution >= 0.6 is 0 Å². The normalized spacial score (nSPS) is 24.0. The van der Waals surface area contributed by atoms with Crippen LogP contribution < -0.4 is 10.6 Å². The maximum atomic E-state index is 12.0. The number of hydrogen-bond donors (Lipinski definition) is 3. The quantitative estimate of drug-likeness (QED) is 0.772. The molecular formula is C16H22N4O3. The number of anilines is 1. The number of carboxylic acid groups (broad SMARTS) is 1. The molecular weight excluding hydrogens is 296 g/mol. The molecule has 7 heteroatoms.